The van der Waals surface area contributed by atoms with Crippen LogP contribution >= 0.6 is 0 Å². The minimum atomic E-state index is -3.65. The molecular formula is C20H27N3O4S. The molecule has 1 atom stereocenters. The van der Waals surface area contributed by atoms with Gasteiger partial charge in [0.15, 0.2) is 0 Å². The Bertz CT molecular complexity index is 914. The van der Waals surface area contributed by atoms with Gasteiger partial charge in [0.05, 0.1) is 24.2 Å². The number of likely N-dealkylation sites (N-methyl/N-ethyl adjacent to an activating group) is 2. The molecule has 0 fully saturated rings. The van der Waals surface area contributed by atoms with E-state index in [9.17, 15) is 8.42 Å². The van der Waals surface area contributed by atoms with Crippen LogP contribution in [0.25, 0.3) is 0 Å². The zero-order chi connectivity index (χ0) is 20.3. The largest absolute Gasteiger partial charge is 0.497 e. The summed E-state index contributed by atoms with van der Waals surface area (Å²) in [5.41, 5.74) is 1.79. The van der Waals surface area contributed by atoms with E-state index in [1.807, 2.05) is 55.2 Å². The number of anilines is 1. The number of nitrogens with zero attached hydrogens (tertiary/aromatic N) is 2. The first-order chi connectivity index (χ1) is 13.3. The van der Waals surface area contributed by atoms with Gasteiger partial charge in [-0.15, -0.1) is 0 Å². The molecule has 3 rings (SSSR count). The van der Waals surface area contributed by atoms with E-state index in [0.717, 1.165) is 23.5 Å². The number of hydrogen-bond donors (Lipinski definition) is 1. The molecule has 0 aromatic heterocycles. The summed E-state index contributed by atoms with van der Waals surface area (Å²) in [5.74, 6) is 1.47. The van der Waals surface area contributed by atoms with Crippen molar-refractivity contribution in [1.29, 1.82) is 0 Å². The van der Waals surface area contributed by atoms with Gasteiger partial charge in [0, 0.05) is 19.6 Å². The fraction of sp³-hybridized carbons (Fsp3) is 0.400. The predicted molar refractivity (Wildman–Crippen MR) is 110 cm³/mol. The van der Waals surface area contributed by atoms with E-state index in [0.29, 0.717) is 12.4 Å². The van der Waals surface area contributed by atoms with Crippen molar-refractivity contribution in [1.82, 2.24) is 9.62 Å². The molecule has 1 aliphatic rings. The van der Waals surface area contributed by atoms with Gasteiger partial charge < -0.3 is 19.3 Å². The standard InChI is InChI=1S/C20H27N3O4S/c1-22(2)19(15-5-7-16(26-4)8-6-15)14-21-28(24,25)17-9-10-20-18(13-17)23(3)11-12-27-20/h5-10,13,19,21H,11-12,14H2,1-4H3. The zero-order valence-corrected chi connectivity index (χ0v) is 17.5. The smallest absolute Gasteiger partial charge is 0.240 e. The summed E-state index contributed by atoms with van der Waals surface area (Å²) >= 11 is 0. The molecule has 1 aliphatic heterocycles. The number of fused-ring (bicyclic) bond motifs is 1. The molecule has 1 heterocycles. The number of hydrogen-bond acceptors (Lipinski definition) is 6. The number of sulfonamides is 1. The number of rotatable bonds is 7. The van der Waals surface area contributed by atoms with Crippen molar-refractivity contribution in [2.75, 3.05) is 52.8 Å². The molecule has 0 saturated carbocycles. The molecule has 0 saturated heterocycles. The summed E-state index contributed by atoms with van der Waals surface area (Å²) in [4.78, 5) is 4.22. The molecule has 1 unspecified atom stereocenters. The molecule has 2 aromatic rings. The molecule has 0 radical (unpaired) electrons. The fourth-order valence-corrected chi connectivity index (χ4v) is 4.25. The molecule has 8 heteroatoms. The van der Waals surface area contributed by atoms with Gasteiger partial charge >= 0.3 is 0 Å². The van der Waals surface area contributed by atoms with Crippen LogP contribution in [0.2, 0.25) is 0 Å². The maximum atomic E-state index is 12.9. The Morgan fingerprint density at radius 1 is 1.21 bits per heavy atom. The number of nitrogens with one attached hydrogen (secondary N) is 1. The molecule has 7 nitrogen and oxygen atoms in total. The first-order valence-electron chi connectivity index (χ1n) is 9.10. The van der Waals surface area contributed by atoms with E-state index < -0.39 is 10.0 Å². The van der Waals surface area contributed by atoms with Gasteiger partial charge in [0.1, 0.15) is 18.1 Å². The van der Waals surface area contributed by atoms with Gasteiger partial charge in [-0.1, -0.05) is 12.1 Å². The average molecular weight is 406 g/mol. The monoisotopic (exact) mass is 405 g/mol. The number of benzene rings is 2. The maximum absolute atomic E-state index is 12.9. The van der Waals surface area contributed by atoms with Crippen LogP contribution in [0, 0.1) is 0 Å². The van der Waals surface area contributed by atoms with E-state index in [1.54, 1.807) is 25.3 Å². The second kappa shape index (κ2) is 8.38. The summed E-state index contributed by atoms with van der Waals surface area (Å²) in [6, 6.07) is 12.5. The van der Waals surface area contributed by atoms with Gasteiger partial charge in [0.25, 0.3) is 0 Å². The first-order valence-corrected chi connectivity index (χ1v) is 10.6. The fourth-order valence-electron chi connectivity index (χ4n) is 3.19. The first kappa shape index (κ1) is 20.4. The molecule has 28 heavy (non-hydrogen) atoms. The zero-order valence-electron chi connectivity index (χ0n) is 16.7. The van der Waals surface area contributed by atoms with Gasteiger partial charge in [-0.2, -0.15) is 0 Å². The SMILES string of the molecule is COc1ccc(C(CNS(=O)(=O)c2ccc3c(c2)N(C)CCO3)N(C)C)cc1. The Kier molecular flexibility index (Phi) is 6.12. The number of ether oxygens (including phenoxy) is 2. The van der Waals surface area contributed by atoms with Crippen molar-refractivity contribution in [3.63, 3.8) is 0 Å². The highest BCUT2D eigenvalue weighted by Crippen LogP contribution is 2.33. The van der Waals surface area contributed by atoms with Crippen LogP contribution in [0.15, 0.2) is 47.4 Å². The van der Waals surface area contributed by atoms with Crippen LogP contribution in [0.5, 0.6) is 11.5 Å². The minimum Gasteiger partial charge on any atom is -0.497 e. The molecule has 0 bridgehead atoms. The number of methoxy groups -OCH3 is 1. The van der Waals surface area contributed by atoms with Crippen LogP contribution < -0.4 is 19.1 Å². The van der Waals surface area contributed by atoms with Crippen LogP contribution in [-0.2, 0) is 10.0 Å². The summed E-state index contributed by atoms with van der Waals surface area (Å²) in [6.07, 6.45) is 0. The Hall–Kier alpha value is -2.29. The quantitative estimate of drug-likeness (QED) is 0.761. The highest BCUT2D eigenvalue weighted by Gasteiger charge is 2.23. The van der Waals surface area contributed by atoms with Crippen molar-refractivity contribution in [2.24, 2.45) is 0 Å². The molecule has 1 N–H and O–H groups in total. The Balaban J connectivity index is 1.78. The minimum absolute atomic E-state index is 0.107. The van der Waals surface area contributed by atoms with E-state index in [1.165, 1.54) is 0 Å². The second-order valence-electron chi connectivity index (χ2n) is 7.00. The molecule has 0 amide bonds. The van der Waals surface area contributed by atoms with Crippen molar-refractivity contribution < 1.29 is 17.9 Å². The van der Waals surface area contributed by atoms with Gasteiger partial charge in [0.2, 0.25) is 10.0 Å². The van der Waals surface area contributed by atoms with Crippen molar-refractivity contribution in [2.45, 2.75) is 10.9 Å². The van der Waals surface area contributed by atoms with E-state index in [4.69, 9.17) is 9.47 Å². The highest BCUT2D eigenvalue weighted by molar-refractivity contribution is 7.89. The van der Waals surface area contributed by atoms with Crippen molar-refractivity contribution in [3.05, 3.63) is 48.0 Å². The topological polar surface area (TPSA) is 71.1 Å². The molecule has 2 aromatic carbocycles. The molecule has 0 spiro atoms. The van der Waals surface area contributed by atoms with Crippen LogP contribution in [0.3, 0.4) is 0 Å². The van der Waals surface area contributed by atoms with E-state index >= 15 is 0 Å². The molecule has 0 aliphatic carbocycles. The Labute approximate surface area is 166 Å². The van der Waals surface area contributed by atoms with Crippen LogP contribution in [0.1, 0.15) is 11.6 Å². The average Bonchev–Trinajstić information content (AvgIpc) is 2.68. The third-order valence-electron chi connectivity index (χ3n) is 4.93. The third-order valence-corrected chi connectivity index (χ3v) is 6.35. The van der Waals surface area contributed by atoms with Crippen molar-refractivity contribution in [3.8, 4) is 11.5 Å². The van der Waals surface area contributed by atoms with E-state index in [2.05, 4.69) is 4.72 Å². The lowest BCUT2D eigenvalue weighted by Crippen LogP contribution is -2.35. The lowest BCUT2D eigenvalue weighted by atomic mass is 10.1. The summed E-state index contributed by atoms with van der Waals surface area (Å²) in [6.45, 7) is 1.58. The van der Waals surface area contributed by atoms with Gasteiger partial charge in [-0.05, 0) is 50.0 Å². The van der Waals surface area contributed by atoms with Crippen LogP contribution in [-0.4, -0.2) is 61.3 Å². The molecular weight excluding hydrogens is 378 g/mol. The van der Waals surface area contributed by atoms with E-state index in [-0.39, 0.29) is 17.5 Å². The van der Waals surface area contributed by atoms with Gasteiger partial charge in [-0.25, -0.2) is 13.1 Å². The third kappa shape index (κ3) is 4.40. The second-order valence-corrected chi connectivity index (χ2v) is 8.77. The molecule has 152 valence electrons. The summed E-state index contributed by atoms with van der Waals surface area (Å²) < 4.78 is 39.3. The lowest BCUT2D eigenvalue weighted by molar-refractivity contribution is 0.299. The Morgan fingerprint density at radius 2 is 1.93 bits per heavy atom. The van der Waals surface area contributed by atoms with Gasteiger partial charge in [-0.3, -0.25) is 0 Å². The normalized spacial score (nSPS) is 15.1. The van der Waals surface area contributed by atoms with Crippen molar-refractivity contribution >= 4 is 15.7 Å². The highest BCUT2D eigenvalue weighted by atomic mass is 32.2. The summed E-state index contributed by atoms with van der Waals surface area (Å²) in [7, 11) is 3.75. The lowest BCUT2D eigenvalue weighted by Gasteiger charge is -2.28. The summed E-state index contributed by atoms with van der Waals surface area (Å²) in [5, 5.41) is 0. The van der Waals surface area contributed by atoms with Crippen LogP contribution in [0.4, 0.5) is 5.69 Å². The Morgan fingerprint density at radius 3 is 2.57 bits per heavy atom. The maximum Gasteiger partial charge on any atom is 0.240 e. The predicted octanol–water partition coefficient (Wildman–Crippen LogP) is 2.10.